The van der Waals surface area contributed by atoms with E-state index >= 15 is 0 Å². The summed E-state index contributed by atoms with van der Waals surface area (Å²) in [6, 6.07) is 10.0. The number of carbonyl (C=O) groups excluding carboxylic acids is 2. The highest BCUT2D eigenvalue weighted by molar-refractivity contribution is 7.91. The molecule has 2 aliphatic rings. The van der Waals surface area contributed by atoms with Crippen LogP contribution in [0.25, 0.3) is 0 Å². The average molecular weight is 709 g/mol. The number of phenols is 2. The lowest BCUT2D eigenvalue weighted by Crippen LogP contribution is -2.53. The van der Waals surface area contributed by atoms with Gasteiger partial charge in [0.2, 0.25) is 6.41 Å². The molecule has 7 N–H and O–H groups in total. The van der Waals surface area contributed by atoms with Gasteiger partial charge in [0.05, 0.1) is 29.8 Å². The van der Waals surface area contributed by atoms with Crippen LogP contribution in [0, 0.1) is 0 Å². The van der Waals surface area contributed by atoms with Crippen LogP contribution in [-0.2, 0) is 45.2 Å². The van der Waals surface area contributed by atoms with E-state index in [9.17, 15) is 55.9 Å². The third kappa shape index (κ3) is 6.02. The van der Waals surface area contributed by atoms with E-state index in [2.05, 4.69) is 5.32 Å². The third-order valence-corrected chi connectivity index (χ3v) is 9.57. The van der Waals surface area contributed by atoms with Crippen molar-refractivity contribution in [1.29, 1.82) is 0 Å². The first-order valence-corrected chi connectivity index (χ1v) is 16.3. The van der Waals surface area contributed by atoms with E-state index in [4.69, 9.17) is 14.6 Å². The van der Waals surface area contributed by atoms with Crippen molar-refractivity contribution in [1.82, 2.24) is 9.25 Å². The Kier molecular flexibility index (Phi) is 8.66. The van der Waals surface area contributed by atoms with Gasteiger partial charge in [0.15, 0.2) is 5.60 Å². The van der Waals surface area contributed by atoms with Gasteiger partial charge < -0.3 is 35.2 Å². The van der Waals surface area contributed by atoms with Crippen LogP contribution in [0.2, 0.25) is 0 Å². The standard InChI is InChI=1S/C27H24N4O15S2/c32-13-28-19-6-5-18-24(25(19)30(9-7-22(35)36)47(40,41)29-31(48(42,43)44)10-8-23(37)38)26(39)46-27(18)16-3-1-14(33)11-20(16)45-21-12-15(34)2-4-17(21)27/h1-6,11-13,29,33-34H,7-10H2,(H,28,32)(H,35,36)(H,37,38)(H,42,43,44). The molecule has 1 spiro atoms. The quantitative estimate of drug-likeness (QED) is 0.0560. The highest BCUT2D eigenvalue weighted by atomic mass is 32.2. The van der Waals surface area contributed by atoms with Crippen LogP contribution in [0.4, 0.5) is 11.4 Å². The molecule has 0 bridgehead atoms. The number of nitrogens with one attached hydrogen (secondary N) is 2. The van der Waals surface area contributed by atoms with Crippen LogP contribution in [0.1, 0.15) is 39.9 Å². The maximum atomic E-state index is 14.0. The maximum absolute atomic E-state index is 14.0. The molecule has 254 valence electrons. The van der Waals surface area contributed by atoms with Crippen molar-refractivity contribution in [3.63, 3.8) is 0 Å². The molecule has 5 rings (SSSR count). The second kappa shape index (κ2) is 12.3. The molecule has 3 aromatic carbocycles. The fourth-order valence-corrected chi connectivity index (χ4v) is 7.53. The SMILES string of the molecule is O=CNc1ccc2c(c1N(CCC(=O)O)S(=O)(=O)NN(CCC(=O)O)S(=O)(=O)O)C(=O)OC21c2ccc(O)cc2Oc2cc(O)ccc21. The zero-order chi connectivity index (χ0) is 35.2. The summed E-state index contributed by atoms with van der Waals surface area (Å²) >= 11 is 0. The van der Waals surface area contributed by atoms with Crippen LogP contribution >= 0.6 is 0 Å². The second-order valence-electron chi connectivity index (χ2n) is 10.2. The van der Waals surface area contributed by atoms with Gasteiger partial charge in [-0.1, -0.05) is 10.5 Å². The first kappa shape index (κ1) is 33.9. The molecule has 0 radical (unpaired) electrons. The van der Waals surface area contributed by atoms with E-state index in [-0.39, 0.29) is 54.8 Å². The molecule has 19 nitrogen and oxygen atoms in total. The number of aromatic hydroxyl groups is 2. The van der Waals surface area contributed by atoms with E-state index in [1.807, 2.05) is 0 Å². The predicted octanol–water partition coefficient (Wildman–Crippen LogP) is 0.844. The molecule has 0 saturated carbocycles. The van der Waals surface area contributed by atoms with Gasteiger partial charge in [-0.2, -0.15) is 16.8 Å². The summed E-state index contributed by atoms with van der Waals surface area (Å²) < 4.78 is 73.1. The summed E-state index contributed by atoms with van der Waals surface area (Å²) in [4.78, 5) is 49.8. The fourth-order valence-electron chi connectivity index (χ4n) is 5.34. The Morgan fingerprint density at radius 2 is 1.40 bits per heavy atom. The van der Waals surface area contributed by atoms with Crippen LogP contribution in [0.15, 0.2) is 48.5 Å². The smallest absolute Gasteiger partial charge is 0.349 e. The van der Waals surface area contributed by atoms with Crippen molar-refractivity contribution in [3.05, 3.63) is 70.8 Å². The van der Waals surface area contributed by atoms with Crippen molar-refractivity contribution >= 4 is 56.2 Å². The molecule has 1 amide bonds. The van der Waals surface area contributed by atoms with Gasteiger partial charge >= 0.3 is 38.4 Å². The number of phenolic OH excluding ortho intramolecular Hbond substituents is 2. The normalized spacial score (nSPS) is 14.3. The van der Waals surface area contributed by atoms with E-state index in [0.29, 0.717) is 0 Å². The molecule has 2 aliphatic heterocycles. The van der Waals surface area contributed by atoms with Crippen LogP contribution < -0.4 is 19.2 Å². The number of ether oxygens (including phenoxy) is 2. The first-order chi connectivity index (χ1) is 22.5. The molecule has 0 fully saturated rings. The summed E-state index contributed by atoms with van der Waals surface area (Å²) in [5, 5.41) is 41.0. The molecule has 3 aromatic rings. The van der Waals surface area contributed by atoms with Gasteiger partial charge in [-0.3, -0.25) is 23.2 Å². The minimum absolute atomic E-state index is 0.0374. The van der Waals surface area contributed by atoms with Crippen molar-refractivity contribution in [3.8, 4) is 23.0 Å². The number of fused-ring (bicyclic) bond motifs is 6. The van der Waals surface area contributed by atoms with Crippen molar-refractivity contribution < 1.29 is 70.5 Å². The predicted molar refractivity (Wildman–Crippen MR) is 160 cm³/mol. The number of aliphatic carboxylic acids is 2. The number of benzene rings is 3. The molecule has 0 aliphatic carbocycles. The third-order valence-electron chi connectivity index (χ3n) is 7.22. The molecule has 48 heavy (non-hydrogen) atoms. The number of hydrazine groups is 1. The molecular weight excluding hydrogens is 684 g/mol. The van der Waals surface area contributed by atoms with Crippen molar-refractivity contribution in [2.24, 2.45) is 0 Å². The van der Waals surface area contributed by atoms with Crippen molar-refractivity contribution in [2.75, 3.05) is 22.7 Å². The number of nitrogens with zero attached hydrogens (tertiary/aromatic N) is 2. The van der Waals surface area contributed by atoms with Gasteiger partial charge in [-0.05, 0) is 30.3 Å². The summed E-state index contributed by atoms with van der Waals surface area (Å²) in [6.45, 7) is -2.13. The Labute approximate surface area is 270 Å². The Balaban J connectivity index is 1.79. The van der Waals surface area contributed by atoms with E-state index in [0.717, 1.165) is 6.07 Å². The maximum Gasteiger partial charge on any atom is 0.349 e. The number of amides is 1. The van der Waals surface area contributed by atoms with Gasteiger partial charge in [-0.25, -0.2) is 4.79 Å². The van der Waals surface area contributed by atoms with Gasteiger partial charge in [0.25, 0.3) is 0 Å². The van der Waals surface area contributed by atoms with E-state index in [1.165, 1.54) is 47.3 Å². The molecule has 21 heteroatoms. The van der Waals surface area contributed by atoms with Crippen LogP contribution in [-0.4, -0.2) is 83.6 Å². The van der Waals surface area contributed by atoms with E-state index in [1.54, 1.807) is 0 Å². The zero-order valence-electron chi connectivity index (χ0n) is 24.1. The Morgan fingerprint density at radius 1 is 0.854 bits per heavy atom. The number of anilines is 2. The number of carboxylic acid groups (broad SMARTS) is 2. The highest BCUT2D eigenvalue weighted by Gasteiger charge is 2.55. The number of esters is 1. The topological polar surface area (TPSA) is 287 Å². The lowest BCUT2D eigenvalue weighted by molar-refractivity contribution is -0.138. The summed E-state index contributed by atoms with van der Waals surface area (Å²) in [6.07, 6.45) is -1.83. The van der Waals surface area contributed by atoms with Crippen molar-refractivity contribution in [2.45, 2.75) is 18.4 Å². The second-order valence-corrected chi connectivity index (χ2v) is 13.1. The minimum Gasteiger partial charge on any atom is -0.508 e. The van der Waals surface area contributed by atoms with Crippen LogP contribution in [0.3, 0.4) is 0 Å². The summed E-state index contributed by atoms with van der Waals surface area (Å²) in [7, 11) is -10.9. The summed E-state index contributed by atoms with van der Waals surface area (Å²) in [5.41, 5.74) is -3.45. The molecule has 2 heterocycles. The van der Waals surface area contributed by atoms with Crippen LogP contribution in [0.5, 0.6) is 23.0 Å². The number of carbonyl (C=O) groups is 4. The number of rotatable bonds is 13. The molecular formula is C27H24N4O15S2. The molecule has 0 unspecified atom stereocenters. The summed E-state index contributed by atoms with van der Waals surface area (Å²) in [5.74, 6) is -4.93. The monoisotopic (exact) mass is 708 g/mol. The number of hydrogen-bond acceptors (Lipinski definition) is 12. The molecule has 0 aromatic heterocycles. The van der Waals surface area contributed by atoms with Gasteiger partial charge in [0, 0.05) is 41.9 Å². The zero-order valence-corrected chi connectivity index (χ0v) is 25.7. The average Bonchev–Trinajstić information content (AvgIpc) is 3.27. The molecule has 0 saturated heterocycles. The number of carboxylic acids is 2. The Morgan fingerprint density at radius 3 is 1.92 bits per heavy atom. The van der Waals surface area contributed by atoms with Gasteiger partial charge in [-0.15, -0.1) is 4.83 Å². The number of hydrogen-bond donors (Lipinski definition) is 7. The van der Waals surface area contributed by atoms with E-state index < -0.39 is 86.9 Å². The Bertz CT molecular complexity index is 2030. The lowest BCUT2D eigenvalue weighted by Gasteiger charge is -2.36. The molecule has 0 atom stereocenters. The minimum atomic E-state index is -5.46. The first-order valence-electron chi connectivity index (χ1n) is 13.4. The Hall–Kier alpha value is -5.48. The largest absolute Gasteiger partial charge is 0.508 e. The lowest BCUT2D eigenvalue weighted by atomic mass is 9.77. The fraction of sp³-hybridized carbons (Fsp3) is 0.185. The highest BCUT2D eigenvalue weighted by Crippen LogP contribution is 2.58. The van der Waals surface area contributed by atoms with Gasteiger partial charge in [0.1, 0.15) is 23.0 Å².